The summed E-state index contributed by atoms with van der Waals surface area (Å²) in [5.41, 5.74) is 0.726. The second-order valence-electron chi connectivity index (χ2n) is 7.89. The van der Waals surface area contributed by atoms with Crippen LogP contribution in [0, 0.1) is 12.3 Å². The lowest BCUT2D eigenvalue weighted by Crippen LogP contribution is -2.45. The molecule has 1 saturated heterocycles. The maximum Gasteiger partial charge on any atom is 0.265 e. The van der Waals surface area contributed by atoms with Crippen molar-refractivity contribution in [3.63, 3.8) is 0 Å². The summed E-state index contributed by atoms with van der Waals surface area (Å²) in [6.07, 6.45) is -0.912. The molecule has 0 unspecified atom stereocenters. The molecule has 3 rings (SSSR count). The Balaban J connectivity index is 1.91. The highest BCUT2D eigenvalue weighted by Crippen LogP contribution is 2.42. The summed E-state index contributed by atoms with van der Waals surface area (Å²) < 4.78 is 5.88. The fraction of sp³-hybridized carbons (Fsp3) is 0.474. The minimum atomic E-state index is -0.640. The van der Waals surface area contributed by atoms with Crippen molar-refractivity contribution in [2.24, 2.45) is 5.41 Å². The van der Waals surface area contributed by atoms with Crippen LogP contribution < -0.4 is 5.32 Å². The molecule has 26 heavy (non-hydrogen) atoms. The average Bonchev–Trinajstić information content (AvgIpc) is 2.99. The van der Waals surface area contributed by atoms with Gasteiger partial charge in [0.05, 0.1) is 6.10 Å². The summed E-state index contributed by atoms with van der Waals surface area (Å²) in [4.78, 5) is 27.1. The molecular formula is C19H23ClN2O4. The third-order valence-electron chi connectivity index (χ3n) is 4.73. The van der Waals surface area contributed by atoms with Crippen LogP contribution >= 0.6 is 11.6 Å². The van der Waals surface area contributed by atoms with Crippen molar-refractivity contribution >= 4 is 29.1 Å². The van der Waals surface area contributed by atoms with E-state index in [-0.39, 0.29) is 16.7 Å². The molecule has 2 heterocycles. The first-order valence-electron chi connectivity index (χ1n) is 8.51. The smallest absolute Gasteiger partial charge is 0.265 e. The van der Waals surface area contributed by atoms with E-state index in [2.05, 4.69) is 5.32 Å². The van der Waals surface area contributed by atoms with E-state index >= 15 is 0 Å². The standard InChI is InChI=1S/C19H23ClN2O4/c1-9-8-11(20)6-7-12(9)21-16(24)13-15(23)14-10(2)26-18(19(3,4)5)22(14)17(13)25/h6-8,10,14,18,23H,1-5H3,(H,21,24)/t10-,14-,18-/m1/s1. The number of benzene rings is 1. The van der Waals surface area contributed by atoms with Gasteiger partial charge >= 0.3 is 0 Å². The van der Waals surface area contributed by atoms with Crippen molar-refractivity contribution in [1.82, 2.24) is 4.90 Å². The first-order chi connectivity index (χ1) is 12.0. The molecule has 6 nitrogen and oxygen atoms in total. The number of aryl methyl sites for hydroxylation is 1. The van der Waals surface area contributed by atoms with E-state index in [0.29, 0.717) is 10.7 Å². The highest BCUT2D eigenvalue weighted by Gasteiger charge is 2.56. The van der Waals surface area contributed by atoms with E-state index in [1.165, 1.54) is 4.90 Å². The number of rotatable bonds is 2. The van der Waals surface area contributed by atoms with Gasteiger partial charge in [-0.15, -0.1) is 0 Å². The van der Waals surface area contributed by atoms with Gasteiger partial charge in [0.15, 0.2) is 0 Å². The lowest BCUT2D eigenvalue weighted by Gasteiger charge is -2.33. The van der Waals surface area contributed by atoms with Gasteiger partial charge in [0.25, 0.3) is 11.8 Å². The number of carbonyl (C=O) groups excluding carboxylic acids is 2. The van der Waals surface area contributed by atoms with Gasteiger partial charge < -0.3 is 15.2 Å². The molecule has 0 aromatic heterocycles. The zero-order chi connectivity index (χ0) is 19.4. The molecular weight excluding hydrogens is 356 g/mol. The van der Waals surface area contributed by atoms with E-state index in [1.54, 1.807) is 32.0 Å². The highest BCUT2D eigenvalue weighted by molar-refractivity contribution is 6.31. The predicted molar refractivity (Wildman–Crippen MR) is 98.9 cm³/mol. The molecule has 140 valence electrons. The van der Waals surface area contributed by atoms with Crippen LogP contribution in [0.25, 0.3) is 0 Å². The van der Waals surface area contributed by atoms with Crippen molar-refractivity contribution in [3.05, 3.63) is 40.1 Å². The average molecular weight is 379 g/mol. The van der Waals surface area contributed by atoms with Crippen molar-refractivity contribution < 1.29 is 19.4 Å². The van der Waals surface area contributed by atoms with E-state index in [4.69, 9.17) is 16.3 Å². The molecule has 2 N–H and O–H groups in total. The number of amides is 2. The maximum atomic E-state index is 12.9. The molecule has 0 radical (unpaired) electrons. The van der Waals surface area contributed by atoms with E-state index in [9.17, 15) is 14.7 Å². The summed E-state index contributed by atoms with van der Waals surface area (Å²) in [7, 11) is 0. The Bertz CT molecular complexity index is 812. The summed E-state index contributed by atoms with van der Waals surface area (Å²) in [6.45, 7) is 9.44. The zero-order valence-electron chi connectivity index (χ0n) is 15.5. The van der Waals surface area contributed by atoms with Crippen LogP contribution in [-0.2, 0) is 14.3 Å². The molecule has 2 aliphatic rings. The van der Waals surface area contributed by atoms with Crippen LogP contribution in [0.3, 0.4) is 0 Å². The van der Waals surface area contributed by atoms with Crippen LogP contribution in [0.5, 0.6) is 0 Å². The maximum absolute atomic E-state index is 12.9. The molecule has 0 aliphatic carbocycles. The number of hydrogen-bond donors (Lipinski definition) is 2. The monoisotopic (exact) mass is 378 g/mol. The van der Waals surface area contributed by atoms with Crippen molar-refractivity contribution in [2.45, 2.75) is 53.0 Å². The fourth-order valence-corrected chi connectivity index (χ4v) is 3.70. The zero-order valence-corrected chi connectivity index (χ0v) is 16.2. The minimum Gasteiger partial charge on any atom is -0.509 e. The van der Waals surface area contributed by atoms with Crippen molar-refractivity contribution in [3.8, 4) is 0 Å². The quantitative estimate of drug-likeness (QED) is 0.773. The van der Waals surface area contributed by atoms with E-state index in [0.717, 1.165) is 5.56 Å². The number of fused-ring (bicyclic) bond motifs is 1. The topological polar surface area (TPSA) is 78.9 Å². The van der Waals surface area contributed by atoms with Crippen molar-refractivity contribution in [2.75, 3.05) is 5.32 Å². The number of aliphatic hydroxyl groups excluding tert-OH is 1. The van der Waals surface area contributed by atoms with Crippen LogP contribution in [0.15, 0.2) is 29.5 Å². The normalized spacial score (nSPS) is 25.7. The lowest BCUT2D eigenvalue weighted by molar-refractivity contribution is -0.139. The Morgan fingerprint density at radius 2 is 2.00 bits per heavy atom. The number of carbonyl (C=O) groups is 2. The van der Waals surface area contributed by atoms with Crippen LogP contribution in [0.2, 0.25) is 5.02 Å². The molecule has 1 fully saturated rings. The highest BCUT2D eigenvalue weighted by atomic mass is 35.5. The molecule has 1 aromatic rings. The molecule has 2 amide bonds. The first kappa shape index (κ1) is 18.7. The van der Waals surface area contributed by atoms with Crippen molar-refractivity contribution in [1.29, 1.82) is 0 Å². The molecule has 0 bridgehead atoms. The number of nitrogens with zero attached hydrogens (tertiary/aromatic N) is 1. The number of anilines is 1. The first-order valence-corrected chi connectivity index (χ1v) is 8.89. The third kappa shape index (κ3) is 2.97. The number of aliphatic hydroxyl groups is 1. The van der Waals surface area contributed by atoms with Gasteiger partial charge in [-0.3, -0.25) is 14.5 Å². The van der Waals surface area contributed by atoms with Gasteiger partial charge in [0.1, 0.15) is 23.6 Å². The molecule has 1 aromatic carbocycles. The SMILES string of the molecule is Cc1cc(Cl)ccc1NC(=O)C1=C(O)[C@H]2[C@@H](C)O[C@H](C(C)(C)C)N2C1=O. The minimum absolute atomic E-state index is 0.228. The predicted octanol–water partition coefficient (Wildman–Crippen LogP) is 3.40. The van der Waals surface area contributed by atoms with Crippen LogP contribution in [-0.4, -0.2) is 40.2 Å². The Morgan fingerprint density at radius 1 is 1.35 bits per heavy atom. The largest absolute Gasteiger partial charge is 0.509 e. The second-order valence-corrected chi connectivity index (χ2v) is 8.33. The molecule has 3 atom stereocenters. The number of nitrogens with one attached hydrogen (secondary N) is 1. The molecule has 7 heteroatoms. The van der Waals surface area contributed by atoms with Gasteiger partial charge in [-0.1, -0.05) is 32.4 Å². The van der Waals surface area contributed by atoms with Gasteiger partial charge in [-0.05, 0) is 37.6 Å². The number of hydrogen-bond acceptors (Lipinski definition) is 4. The van der Waals surface area contributed by atoms with Gasteiger partial charge in [-0.25, -0.2) is 0 Å². The third-order valence-corrected chi connectivity index (χ3v) is 4.96. The molecule has 0 saturated carbocycles. The number of ether oxygens (including phenoxy) is 1. The van der Waals surface area contributed by atoms with E-state index < -0.39 is 30.2 Å². The summed E-state index contributed by atoms with van der Waals surface area (Å²) in [5, 5.41) is 13.8. The van der Waals surface area contributed by atoms with E-state index in [1.807, 2.05) is 20.8 Å². The Kier molecular flexibility index (Phi) is 4.53. The Hall–Kier alpha value is -2.05. The van der Waals surface area contributed by atoms with Gasteiger partial charge in [-0.2, -0.15) is 0 Å². The molecule has 0 spiro atoms. The summed E-state index contributed by atoms with van der Waals surface area (Å²) in [6, 6.07) is 4.39. The Morgan fingerprint density at radius 3 is 2.58 bits per heavy atom. The van der Waals surface area contributed by atoms with Gasteiger partial charge in [0, 0.05) is 16.1 Å². The second kappa shape index (κ2) is 6.28. The van der Waals surface area contributed by atoms with Crippen LogP contribution in [0.1, 0.15) is 33.3 Å². The fourth-order valence-electron chi connectivity index (χ4n) is 3.48. The van der Waals surface area contributed by atoms with Gasteiger partial charge in [0.2, 0.25) is 0 Å². The summed E-state index contributed by atoms with van der Waals surface area (Å²) >= 11 is 5.93. The lowest BCUT2D eigenvalue weighted by atomic mass is 9.93. The number of halogens is 1. The Labute approximate surface area is 157 Å². The van der Waals surface area contributed by atoms with Crippen LogP contribution in [0.4, 0.5) is 5.69 Å². The molecule has 2 aliphatic heterocycles. The summed E-state index contributed by atoms with van der Waals surface area (Å²) in [5.74, 6) is -1.38.